The number of carbonyl (C=O) groups excluding carboxylic acids is 2. The maximum Gasteiger partial charge on any atom is 0.276 e. The molecule has 0 radical (unpaired) electrons. The van der Waals surface area contributed by atoms with E-state index >= 15 is 0 Å². The highest BCUT2D eigenvalue weighted by molar-refractivity contribution is 6.00. The van der Waals surface area contributed by atoms with Gasteiger partial charge in [-0.05, 0) is 25.0 Å². The lowest BCUT2D eigenvalue weighted by Gasteiger charge is -2.34. The van der Waals surface area contributed by atoms with Crippen molar-refractivity contribution in [2.24, 2.45) is 0 Å². The Labute approximate surface area is 170 Å². The number of carbonyl (C=O) groups is 2. The zero-order valence-corrected chi connectivity index (χ0v) is 16.5. The van der Waals surface area contributed by atoms with Gasteiger partial charge in [-0.1, -0.05) is 6.07 Å². The molecule has 1 saturated heterocycles. The van der Waals surface area contributed by atoms with E-state index in [9.17, 15) is 23.2 Å². The molecule has 2 aliphatic heterocycles. The van der Waals surface area contributed by atoms with Crippen molar-refractivity contribution in [3.05, 3.63) is 63.1 Å². The maximum absolute atomic E-state index is 13.8. The molecule has 1 fully saturated rings. The van der Waals surface area contributed by atoms with Gasteiger partial charge in [-0.3, -0.25) is 14.4 Å². The Balaban J connectivity index is 1.66. The van der Waals surface area contributed by atoms with Crippen LogP contribution in [0.3, 0.4) is 0 Å². The summed E-state index contributed by atoms with van der Waals surface area (Å²) in [6.07, 6.45) is 0.704. The minimum absolute atomic E-state index is 0.00438. The second-order valence-electron chi connectivity index (χ2n) is 7.41. The molecular weight excluding hydrogens is 398 g/mol. The Morgan fingerprint density at radius 1 is 1.30 bits per heavy atom. The lowest BCUT2D eigenvalue weighted by atomic mass is 10.0. The molecular formula is C21H20F2N2O5. The molecule has 4 rings (SSSR count). The van der Waals surface area contributed by atoms with E-state index in [1.807, 2.05) is 6.92 Å². The molecule has 2 aromatic rings. The predicted octanol–water partition coefficient (Wildman–Crippen LogP) is 2.15. The third-order valence-corrected chi connectivity index (χ3v) is 5.48. The lowest BCUT2D eigenvalue weighted by Crippen LogP contribution is -2.49. The van der Waals surface area contributed by atoms with Crippen molar-refractivity contribution in [2.45, 2.75) is 38.6 Å². The summed E-state index contributed by atoms with van der Waals surface area (Å²) >= 11 is 0. The maximum atomic E-state index is 13.8. The summed E-state index contributed by atoms with van der Waals surface area (Å²) in [4.78, 5) is 40.1. The number of nitrogens with zero attached hydrogens (tertiary/aromatic N) is 2. The number of hydrogen-bond donors (Lipinski definition) is 0. The summed E-state index contributed by atoms with van der Waals surface area (Å²) in [5, 5.41) is 0. The fourth-order valence-electron chi connectivity index (χ4n) is 3.96. The second-order valence-corrected chi connectivity index (χ2v) is 7.41. The van der Waals surface area contributed by atoms with Crippen molar-refractivity contribution >= 4 is 11.7 Å². The summed E-state index contributed by atoms with van der Waals surface area (Å²) in [5.41, 5.74) is -0.579. The predicted molar refractivity (Wildman–Crippen MR) is 102 cm³/mol. The quantitative estimate of drug-likeness (QED) is 0.696. The van der Waals surface area contributed by atoms with Gasteiger partial charge in [0.15, 0.2) is 23.5 Å². The van der Waals surface area contributed by atoms with Crippen molar-refractivity contribution in [3.63, 3.8) is 0 Å². The Morgan fingerprint density at radius 3 is 2.77 bits per heavy atom. The number of benzene rings is 1. The number of hydrogen-bond acceptors (Lipinski definition) is 5. The Hall–Kier alpha value is -3.07. The summed E-state index contributed by atoms with van der Waals surface area (Å²) in [7, 11) is 1.27. The summed E-state index contributed by atoms with van der Waals surface area (Å²) in [5.74, 6) is -2.56. The number of aryl methyl sites for hydroxylation is 1. The smallest absolute Gasteiger partial charge is 0.276 e. The van der Waals surface area contributed by atoms with Crippen LogP contribution < -0.4 is 10.2 Å². The van der Waals surface area contributed by atoms with E-state index in [1.54, 1.807) is 4.90 Å². The van der Waals surface area contributed by atoms with Gasteiger partial charge in [0.05, 0.1) is 31.9 Å². The number of amides is 1. The third kappa shape index (κ3) is 3.28. The zero-order valence-electron chi connectivity index (χ0n) is 16.5. The van der Waals surface area contributed by atoms with Crippen LogP contribution in [0.2, 0.25) is 0 Å². The molecule has 30 heavy (non-hydrogen) atoms. The number of aromatic nitrogens is 1. The Bertz CT molecular complexity index is 1100. The first-order valence-corrected chi connectivity index (χ1v) is 9.54. The van der Waals surface area contributed by atoms with Crippen LogP contribution in [-0.2, 0) is 17.7 Å². The molecule has 2 aliphatic rings. The molecule has 2 atom stereocenters. The highest BCUT2D eigenvalue weighted by Crippen LogP contribution is 2.30. The third-order valence-electron chi connectivity index (χ3n) is 5.48. The van der Waals surface area contributed by atoms with Crippen LogP contribution in [0.1, 0.15) is 39.8 Å². The summed E-state index contributed by atoms with van der Waals surface area (Å²) in [6, 6.07) is 2.99. The van der Waals surface area contributed by atoms with Crippen LogP contribution in [0.25, 0.3) is 0 Å². The first-order valence-electron chi connectivity index (χ1n) is 9.54. The van der Waals surface area contributed by atoms with Crippen molar-refractivity contribution in [1.82, 2.24) is 9.47 Å². The highest BCUT2D eigenvalue weighted by Gasteiger charge is 2.43. The molecule has 0 unspecified atom stereocenters. The number of ether oxygens (including phenoxy) is 2. The Kier molecular flexibility index (Phi) is 5.15. The molecule has 0 saturated carbocycles. The normalized spacial score (nSPS) is 20.1. The molecule has 0 bridgehead atoms. The number of ketones is 1. The van der Waals surface area contributed by atoms with Crippen LogP contribution >= 0.6 is 0 Å². The molecule has 7 nitrogen and oxygen atoms in total. The topological polar surface area (TPSA) is 77.8 Å². The molecule has 158 valence electrons. The number of halogens is 2. The minimum Gasteiger partial charge on any atom is -0.491 e. The molecule has 1 amide bonds. The van der Waals surface area contributed by atoms with Gasteiger partial charge in [0.2, 0.25) is 5.43 Å². The lowest BCUT2D eigenvalue weighted by molar-refractivity contribution is 0.00622. The van der Waals surface area contributed by atoms with Gasteiger partial charge in [-0.2, -0.15) is 0 Å². The minimum atomic E-state index is -0.749. The van der Waals surface area contributed by atoms with Crippen molar-refractivity contribution in [1.29, 1.82) is 0 Å². The molecule has 0 spiro atoms. The molecule has 0 N–H and O–H groups in total. The zero-order chi connectivity index (χ0) is 21.6. The first-order chi connectivity index (χ1) is 14.3. The monoisotopic (exact) mass is 418 g/mol. The first kappa shape index (κ1) is 20.2. The van der Waals surface area contributed by atoms with Crippen molar-refractivity contribution in [2.75, 3.05) is 13.7 Å². The van der Waals surface area contributed by atoms with Crippen LogP contribution in [0.4, 0.5) is 8.78 Å². The van der Waals surface area contributed by atoms with E-state index in [-0.39, 0.29) is 48.0 Å². The molecule has 3 heterocycles. The van der Waals surface area contributed by atoms with E-state index < -0.39 is 35.0 Å². The SMILES string of the molecule is COc1c2n(cc(C(=O)CCc3ccc(F)cc3F)c1=O)C[C@H]1OC[C@H](C)N1C2=O. The van der Waals surface area contributed by atoms with Gasteiger partial charge in [-0.15, -0.1) is 0 Å². The molecule has 9 heteroatoms. The molecule has 1 aromatic carbocycles. The van der Waals surface area contributed by atoms with E-state index in [0.29, 0.717) is 6.61 Å². The average molecular weight is 418 g/mol. The van der Waals surface area contributed by atoms with Gasteiger partial charge in [0, 0.05) is 18.7 Å². The van der Waals surface area contributed by atoms with Gasteiger partial charge >= 0.3 is 0 Å². The number of fused-ring (bicyclic) bond motifs is 2. The second kappa shape index (κ2) is 7.64. The van der Waals surface area contributed by atoms with Crippen LogP contribution in [0, 0.1) is 11.6 Å². The summed E-state index contributed by atoms with van der Waals surface area (Å²) in [6.45, 7) is 2.49. The van der Waals surface area contributed by atoms with Gasteiger partial charge in [0.25, 0.3) is 5.91 Å². The van der Waals surface area contributed by atoms with E-state index in [1.165, 1.54) is 23.9 Å². The van der Waals surface area contributed by atoms with E-state index in [2.05, 4.69) is 0 Å². The number of Topliss-reactive ketones (excluding diaryl/α,β-unsaturated/α-hetero) is 1. The largest absolute Gasteiger partial charge is 0.491 e. The standard InChI is InChI=1S/C21H20F2N2O5/c1-11-10-30-17-9-24-8-14(19(27)20(29-2)18(24)21(28)25(11)17)16(26)6-4-12-3-5-13(22)7-15(12)23/h3,5,7-8,11,17H,4,6,9-10H2,1-2H3/t11-,17+/m0/s1. The highest BCUT2D eigenvalue weighted by atomic mass is 19.1. The average Bonchev–Trinajstić information content (AvgIpc) is 3.08. The molecule has 0 aliphatic carbocycles. The van der Waals surface area contributed by atoms with Crippen molar-refractivity contribution < 1.29 is 27.8 Å². The van der Waals surface area contributed by atoms with Gasteiger partial charge < -0.3 is 18.9 Å². The fourth-order valence-corrected chi connectivity index (χ4v) is 3.96. The Morgan fingerprint density at radius 2 is 2.07 bits per heavy atom. The van der Waals surface area contributed by atoms with E-state index in [0.717, 1.165) is 12.1 Å². The van der Waals surface area contributed by atoms with E-state index in [4.69, 9.17) is 9.47 Å². The van der Waals surface area contributed by atoms with Crippen LogP contribution in [0.15, 0.2) is 29.2 Å². The fraction of sp³-hybridized carbons (Fsp3) is 0.381. The number of methoxy groups -OCH3 is 1. The van der Waals surface area contributed by atoms with Gasteiger partial charge in [0.1, 0.15) is 11.6 Å². The van der Waals surface area contributed by atoms with Crippen LogP contribution in [0.5, 0.6) is 5.75 Å². The van der Waals surface area contributed by atoms with Crippen LogP contribution in [-0.4, -0.2) is 47.1 Å². The van der Waals surface area contributed by atoms with Crippen molar-refractivity contribution in [3.8, 4) is 5.75 Å². The number of rotatable bonds is 5. The summed E-state index contributed by atoms with van der Waals surface area (Å²) < 4.78 is 39.2. The molecule has 1 aromatic heterocycles. The number of pyridine rings is 1. The van der Waals surface area contributed by atoms with Gasteiger partial charge in [-0.25, -0.2) is 8.78 Å².